The Morgan fingerprint density at radius 1 is 1.21 bits per heavy atom. The molecule has 0 amide bonds. The standard InChI is InChI=1S/C15H14ClN3/c1-10(17)11-6-7-14(12(16)8-11)19-9-18-13-4-2-3-5-15(13)19/h2-10H,17H2,1H3. The molecule has 0 saturated carbocycles. The van der Waals surface area contributed by atoms with E-state index in [1.165, 1.54) is 0 Å². The van der Waals surface area contributed by atoms with E-state index in [0.717, 1.165) is 22.3 Å². The number of halogens is 1. The zero-order valence-electron chi connectivity index (χ0n) is 10.5. The van der Waals surface area contributed by atoms with Gasteiger partial charge in [0.15, 0.2) is 0 Å². The number of nitrogens with zero attached hydrogens (tertiary/aromatic N) is 2. The molecule has 1 unspecified atom stereocenters. The third kappa shape index (κ3) is 2.11. The van der Waals surface area contributed by atoms with Crippen LogP contribution in [0.2, 0.25) is 5.02 Å². The molecule has 0 aliphatic carbocycles. The van der Waals surface area contributed by atoms with E-state index < -0.39 is 0 Å². The van der Waals surface area contributed by atoms with Gasteiger partial charge in [0.2, 0.25) is 0 Å². The number of hydrogen-bond acceptors (Lipinski definition) is 2. The normalized spacial score (nSPS) is 12.8. The maximum atomic E-state index is 6.36. The van der Waals surface area contributed by atoms with Crippen LogP contribution in [-0.4, -0.2) is 9.55 Å². The quantitative estimate of drug-likeness (QED) is 0.772. The second kappa shape index (κ2) is 4.68. The summed E-state index contributed by atoms with van der Waals surface area (Å²) in [5.74, 6) is 0. The number of aromatic nitrogens is 2. The van der Waals surface area contributed by atoms with Crippen molar-refractivity contribution in [3.63, 3.8) is 0 Å². The summed E-state index contributed by atoms with van der Waals surface area (Å²) in [6.45, 7) is 1.94. The highest BCUT2D eigenvalue weighted by molar-refractivity contribution is 6.32. The lowest BCUT2D eigenvalue weighted by molar-refractivity contribution is 0.817. The van der Waals surface area contributed by atoms with Gasteiger partial charge in [-0.05, 0) is 36.8 Å². The molecule has 0 aliphatic heterocycles. The summed E-state index contributed by atoms with van der Waals surface area (Å²) in [5, 5.41) is 0.679. The Labute approximate surface area is 116 Å². The van der Waals surface area contributed by atoms with Crippen LogP contribution in [0.5, 0.6) is 0 Å². The van der Waals surface area contributed by atoms with Crippen molar-refractivity contribution in [1.29, 1.82) is 0 Å². The molecule has 4 heteroatoms. The van der Waals surface area contributed by atoms with Crippen molar-refractivity contribution in [2.45, 2.75) is 13.0 Å². The number of fused-ring (bicyclic) bond motifs is 1. The van der Waals surface area contributed by atoms with Crippen molar-refractivity contribution < 1.29 is 0 Å². The van der Waals surface area contributed by atoms with Gasteiger partial charge in [-0.2, -0.15) is 0 Å². The molecule has 19 heavy (non-hydrogen) atoms. The Balaban J connectivity index is 2.17. The highest BCUT2D eigenvalue weighted by atomic mass is 35.5. The number of imidazole rings is 1. The van der Waals surface area contributed by atoms with Crippen LogP contribution in [0.1, 0.15) is 18.5 Å². The molecule has 0 saturated heterocycles. The second-order valence-corrected chi connectivity index (χ2v) is 5.01. The monoisotopic (exact) mass is 271 g/mol. The predicted octanol–water partition coefficient (Wildman–Crippen LogP) is 3.70. The Hall–Kier alpha value is -1.84. The SMILES string of the molecule is CC(N)c1ccc(-n2cnc3ccccc32)c(Cl)c1. The maximum absolute atomic E-state index is 6.36. The van der Waals surface area contributed by atoms with Crippen LogP contribution in [0.4, 0.5) is 0 Å². The molecule has 0 radical (unpaired) electrons. The molecule has 2 aromatic carbocycles. The van der Waals surface area contributed by atoms with Crippen molar-refractivity contribution in [2.24, 2.45) is 5.73 Å². The first-order chi connectivity index (χ1) is 9.16. The van der Waals surface area contributed by atoms with Gasteiger partial charge in [-0.15, -0.1) is 0 Å². The number of benzene rings is 2. The Morgan fingerprint density at radius 2 is 2.00 bits per heavy atom. The largest absolute Gasteiger partial charge is 0.324 e. The molecule has 1 heterocycles. The zero-order chi connectivity index (χ0) is 13.4. The lowest BCUT2D eigenvalue weighted by atomic mass is 10.1. The van der Waals surface area contributed by atoms with Gasteiger partial charge >= 0.3 is 0 Å². The van der Waals surface area contributed by atoms with Gasteiger partial charge in [0.25, 0.3) is 0 Å². The van der Waals surface area contributed by atoms with E-state index in [2.05, 4.69) is 4.98 Å². The van der Waals surface area contributed by atoms with Gasteiger partial charge < -0.3 is 5.73 Å². The van der Waals surface area contributed by atoms with Crippen LogP contribution in [-0.2, 0) is 0 Å². The zero-order valence-corrected chi connectivity index (χ0v) is 11.3. The van der Waals surface area contributed by atoms with Crippen LogP contribution in [0.15, 0.2) is 48.8 Å². The first-order valence-electron chi connectivity index (χ1n) is 6.14. The Morgan fingerprint density at radius 3 is 2.74 bits per heavy atom. The molecule has 3 nitrogen and oxygen atoms in total. The minimum absolute atomic E-state index is 0.0221. The van der Waals surface area contributed by atoms with Gasteiger partial charge in [0.1, 0.15) is 6.33 Å². The summed E-state index contributed by atoms with van der Waals surface area (Å²) in [6, 6.07) is 13.8. The summed E-state index contributed by atoms with van der Waals surface area (Å²) >= 11 is 6.36. The molecular weight excluding hydrogens is 258 g/mol. The molecule has 0 fully saturated rings. The predicted molar refractivity (Wildman–Crippen MR) is 78.7 cm³/mol. The van der Waals surface area contributed by atoms with E-state index in [4.69, 9.17) is 17.3 Å². The topological polar surface area (TPSA) is 43.8 Å². The van der Waals surface area contributed by atoms with Crippen molar-refractivity contribution in [1.82, 2.24) is 9.55 Å². The smallest absolute Gasteiger partial charge is 0.100 e. The van der Waals surface area contributed by atoms with Crippen LogP contribution in [0, 0.1) is 0 Å². The Kier molecular flexibility index (Phi) is 3.01. The molecule has 1 aromatic heterocycles. The minimum Gasteiger partial charge on any atom is -0.324 e. The fraction of sp³-hybridized carbons (Fsp3) is 0.133. The average Bonchev–Trinajstić information content (AvgIpc) is 2.82. The van der Waals surface area contributed by atoms with Crippen molar-refractivity contribution in [3.05, 3.63) is 59.4 Å². The summed E-state index contributed by atoms with van der Waals surface area (Å²) in [6.07, 6.45) is 1.79. The van der Waals surface area contributed by atoms with Gasteiger partial charge in [0, 0.05) is 6.04 Å². The first kappa shape index (κ1) is 12.2. The number of nitrogens with two attached hydrogens (primary N) is 1. The van der Waals surface area contributed by atoms with Crippen LogP contribution in [0.3, 0.4) is 0 Å². The van der Waals surface area contributed by atoms with Crippen molar-refractivity contribution in [3.8, 4) is 5.69 Å². The second-order valence-electron chi connectivity index (χ2n) is 4.60. The summed E-state index contributed by atoms with van der Waals surface area (Å²) < 4.78 is 1.99. The van der Waals surface area contributed by atoms with Gasteiger partial charge in [0.05, 0.1) is 21.7 Å². The van der Waals surface area contributed by atoms with Crippen LogP contribution >= 0.6 is 11.6 Å². The van der Waals surface area contributed by atoms with Gasteiger partial charge in [-0.25, -0.2) is 4.98 Å². The number of rotatable bonds is 2. The van der Waals surface area contributed by atoms with E-state index in [1.807, 2.05) is 54.0 Å². The van der Waals surface area contributed by atoms with E-state index in [-0.39, 0.29) is 6.04 Å². The molecular formula is C15H14ClN3. The van der Waals surface area contributed by atoms with Gasteiger partial charge in [-0.3, -0.25) is 4.57 Å². The van der Waals surface area contributed by atoms with E-state index in [0.29, 0.717) is 5.02 Å². The summed E-state index contributed by atoms with van der Waals surface area (Å²) in [4.78, 5) is 4.37. The fourth-order valence-electron chi connectivity index (χ4n) is 2.15. The molecule has 1 atom stereocenters. The molecule has 0 aliphatic rings. The summed E-state index contributed by atoms with van der Waals surface area (Å²) in [5.41, 5.74) is 9.80. The molecule has 2 N–H and O–H groups in total. The fourth-order valence-corrected chi connectivity index (χ4v) is 2.43. The lowest BCUT2D eigenvalue weighted by Gasteiger charge is -2.11. The lowest BCUT2D eigenvalue weighted by Crippen LogP contribution is -2.05. The third-order valence-corrected chi connectivity index (χ3v) is 3.51. The van der Waals surface area contributed by atoms with E-state index >= 15 is 0 Å². The minimum atomic E-state index is -0.0221. The van der Waals surface area contributed by atoms with Crippen molar-refractivity contribution in [2.75, 3.05) is 0 Å². The van der Waals surface area contributed by atoms with Crippen LogP contribution < -0.4 is 5.73 Å². The molecule has 0 spiro atoms. The molecule has 3 aromatic rings. The van der Waals surface area contributed by atoms with E-state index in [1.54, 1.807) is 6.33 Å². The van der Waals surface area contributed by atoms with Crippen molar-refractivity contribution >= 4 is 22.6 Å². The average molecular weight is 272 g/mol. The highest BCUT2D eigenvalue weighted by Gasteiger charge is 2.09. The molecule has 96 valence electrons. The van der Waals surface area contributed by atoms with Gasteiger partial charge in [-0.1, -0.05) is 29.8 Å². The van der Waals surface area contributed by atoms with E-state index in [9.17, 15) is 0 Å². The number of para-hydroxylation sites is 2. The first-order valence-corrected chi connectivity index (χ1v) is 6.52. The third-order valence-electron chi connectivity index (χ3n) is 3.21. The Bertz CT molecular complexity index is 731. The summed E-state index contributed by atoms with van der Waals surface area (Å²) in [7, 11) is 0. The van der Waals surface area contributed by atoms with Crippen LogP contribution in [0.25, 0.3) is 16.7 Å². The molecule has 0 bridgehead atoms. The highest BCUT2D eigenvalue weighted by Crippen LogP contribution is 2.27. The number of hydrogen-bond donors (Lipinski definition) is 1. The molecule has 3 rings (SSSR count). The maximum Gasteiger partial charge on any atom is 0.100 e.